The van der Waals surface area contributed by atoms with Crippen molar-refractivity contribution in [2.45, 2.75) is 24.8 Å². The third-order valence-electron chi connectivity index (χ3n) is 4.01. The first kappa shape index (κ1) is 11.8. The van der Waals surface area contributed by atoms with Crippen LogP contribution >= 0.6 is 0 Å². The lowest BCUT2D eigenvalue weighted by atomic mass is 10.1. The molecule has 2 atom stereocenters. The SMILES string of the molecule is c1cncc(C2CCNc3nc(C4CCOC4)nn32)c1. The van der Waals surface area contributed by atoms with E-state index >= 15 is 0 Å². The largest absolute Gasteiger partial charge is 0.381 e. The summed E-state index contributed by atoms with van der Waals surface area (Å²) in [4.78, 5) is 8.86. The lowest BCUT2D eigenvalue weighted by molar-refractivity contribution is 0.193. The van der Waals surface area contributed by atoms with E-state index in [2.05, 4.69) is 21.4 Å². The summed E-state index contributed by atoms with van der Waals surface area (Å²) in [5.41, 5.74) is 1.19. The van der Waals surface area contributed by atoms with Crippen LogP contribution in [0, 0.1) is 0 Å². The van der Waals surface area contributed by atoms with Crippen molar-refractivity contribution in [1.29, 1.82) is 0 Å². The minimum atomic E-state index is 0.225. The fraction of sp³-hybridized carbons (Fsp3) is 0.500. The Morgan fingerprint density at radius 1 is 1.35 bits per heavy atom. The third-order valence-corrected chi connectivity index (χ3v) is 4.01. The molecule has 1 saturated heterocycles. The summed E-state index contributed by atoms with van der Waals surface area (Å²) in [5.74, 6) is 2.11. The quantitative estimate of drug-likeness (QED) is 0.898. The number of nitrogens with zero attached hydrogens (tertiary/aromatic N) is 4. The van der Waals surface area contributed by atoms with Gasteiger partial charge in [-0.3, -0.25) is 4.98 Å². The monoisotopic (exact) mass is 271 g/mol. The molecule has 2 aliphatic heterocycles. The summed E-state index contributed by atoms with van der Waals surface area (Å²) in [7, 11) is 0. The zero-order valence-electron chi connectivity index (χ0n) is 11.2. The highest BCUT2D eigenvalue weighted by Gasteiger charge is 2.28. The molecule has 0 spiro atoms. The van der Waals surface area contributed by atoms with Crippen LogP contribution in [0.15, 0.2) is 24.5 Å². The van der Waals surface area contributed by atoms with Gasteiger partial charge in [0.15, 0.2) is 5.82 Å². The van der Waals surface area contributed by atoms with E-state index < -0.39 is 0 Å². The van der Waals surface area contributed by atoms with E-state index in [1.807, 2.05) is 16.9 Å². The maximum absolute atomic E-state index is 5.44. The Labute approximate surface area is 117 Å². The average molecular weight is 271 g/mol. The van der Waals surface area contributed by atoms with Crippen molar-refractivity contribution >= 4 is 5.95 Å². The van der Waals surface area contributed by atoms with Gasteiger partial charge < -0.3 is 10.1 Å². The molecule has 2 aromatic rings. The predicted molar refractivity (Wildman–Crippen MR) is 73.7 cm³/mol. The molecule has 0 aliphatic carbocycles. The predicted octanol–water partition coefficient (Wildman–Crippen LogP) is 1.58. The number of nitrogens with one attached hydrogen (secondary N) is 1. The fourth-order valence-corrected chi connectivity index (χ4v) is 2.91. The van der Waals surface area contributed by atoms with Crippen molar-refractivity contribution in [2.24, 2.45) is 0 Å². The van der Waals surface area contributed by atoms with Crippen LogP contribution in [0.25, 0.3) is 0 Å². The van der Waals surface area contributed by atoms with Gasteiger partial charge in [0, 0.05) is 31.5 Å². The third kappa shape index (κ3) is 1.96. The van der Waals surface area contributed by atoms with Crippen molar-refractivity contribution in [3.05, 3.63) is 35.9 Å². The molecule has 104 valence electrons. The van der Waals surface area contributed by atoms with Gasteiger partial charge in [0.25, 0.3) is 0 Å². The van der Waals surface area contributed by atoms with Gasteiger partial charge in [-0.15, -0.1) is 0 Å². The first-order valence-corrected chi connectivity index (χ1v) is 7.10. The second-order valence-electron chi connectivity index (χ2n) is 5.32. The standard InChI is InChI=1S/C14H17N5O/c1-2-10(8-15-5-1)12-3-6-16-14-17-13(18-19(12)14)11-4-7-20-9-11/h1-2,5,8,11-12H,3-4,6-7,9H2,(H,16,17,18). The second kappa shape index (κ2) is 4.86. The van der Waals surface area contributed by atoms with Crippen LogP contribution in [-0.2, 0) is 4.74 Å². The summed E-state index contributed by atoms with van der Waals surface area (Å²) in [6.45, 7) is 2.47. The average Bonchev–Trinajstić information content (AvgIpc) is 3.16. The van der Waals surface area contributed by atoms with Gasteiger partial charge in [0.05, 0.1) is 12.6 Å². The minimum absolute atomic E-state index is 0.225. The molecule has 1 fully saturated rings. The lowest BCUT2D eigenvalue weighted by Gasteiger charge is -2.24. The molecule has 4 heterocycles. The Bertz CT molecular complexity index is 591. The van der Waals surface area contributed by atoms with Crippen molar-refractivity contribution < 1.29 is 4.74 Å². The molecular weight excluding hydrogens is 254 g/mol. The van der Waals surface area contributed by atoms with E-state index in [4.69, 9.17) is 9.84 Å². The maximum atomic E-state index is 5.44. The van der Waals surface area contributed by atoms with Crippen LogP contribution in [0.4, 0.5) is 5.95 Å². The van der Waals surface area contributed by atoms with Crippen molar-refractivity contribution in [3.63, 3.8) is 0 Å². The number of anilines is 1. The van der Waals surface area contributed by atoms with Crippen LogP contribution in [0.3, 0.4) is 0 Å². The normalized spacial score (nSPS) is 25.2. The van der Waals surface area contributed by atoms with E-state index in [0.29, 0.717) is 5.92 Å². The topological polar surface area (TPSA) is 64.9 Å². The first-order chi connectivity index (χ1) is 9.92. The molecule has 0 aromatic carbocycles. The van der Waals surface area contributed by atoms with Crippen LogP contribution in [0.1, 0.15) is 36.2 Å². The molecule has 2 unspecified atom stereocenters. The number of ether oxygens (including phenoxy) is 1. The minimum Gasteiger partial charge on any atom is -0.381 e. The van der Waals surface area contributed by atoms with Gasteiger partial charge in [-0.1, -0.05) is 6.07 Å². The molecule has 0 saturated carbocycles. The van der Waals surface area contributed by atoms with Gasteiger partial charge in [0.2, 0.25) is 5.95 Å². The molecule has 4 rings (SSSR count). The second-order valence-corrected chi connectivity index (χ2v) is 5.32. The Balaban J connectivity index is 1.70. The Morgan fingerprint density at radius 3 is 3.15 bits per heavy atom. The van der Waals surface area contributed by atoms with E-state index in [9.17, 15) is 0 Å². The van der Waals surface area contributed by atoms with Crippen LogP contribution < -0.4 is 5.32 Å². The maximum Gasteiger partial charge on any atom is 0.221 e. The van der Waals surface area contributed by atoms with Crippen molar-refractivity contribution in [1.82, 2.24) is 19.7 Å². The van der Waals surface area contributed by atoms with Gasteiger partial charge in [-0.25, -0.2) is 4.68 Å². The summed E-state index contributed by atoms with van der Waals surface area (Å²) < 4.78 is 7.44. The van der Waals surface area contributed by atoms with Gasteiger partial charge >= 0.3 is 0 Å². The van der Waals surface area contributed by atoms with Crippen molar-refractivity contribution in [2.75, 3.05) is 25.1 Å². The Kier molecular flexibility index (Phi) is 2.88. The van der Waals surface area contributed by atoms with Gasteiger partial charge in [-0.2, -0.15) is 10.1 Å². The highest BCUT2D eigenvalue weighted by Crippen LogP contribution is 2.30. The molecule has 0 bridgehead atoms. The Hall–Kier alpha value is -1.95. The number of aromatic nitrogens is 4. The van der Waals surface area contributed by atoms with Crippen molar-refractivity contribution in [3.8, 4) is 0 Å². The lowest BCUT2D eigenvalue weighted by Crippen LogP contribution is -2.24. The molecule has 1 N–H and O–H groups in total. The molecule has 2 aromatic heterocycles. The molecule has 6 heteroatoms. The molecule has 2 aliphatic rings. The summed E-state index contributed by atoms with van der Waals surface area (Å²) in [6.07, 6.45) is 5.73. The summed E-state index contributed by atoms with van der Waals surface area (Å²) >= 11 is 0. The molecule has 20 heavy (non-hydrogen) atoms. The number of hydrogen-bond acceptors (Lipinski definition) is 5. The van der Waals surface area contributed by atoms with E-state index in [1.54, 1.807) is 6.20 Å². The van der Waals surface area contributed by atoms with E-state index in [0.717, 1.165) is 44.4 Å². The number of hydrogen-bond donors (Lipinski definition) is 1. The van der Waals surface area contributed by atoms with Crippen LogP contribution in [-0.4, -0.2) is 39.5 Å². The first-order valence-electron chi connectivity index (χ1n) is 7.10. The summed E-state index contributed by atoms with van der Waals surface area (Å²) in [5, 5.41) is 8.06. The Morgan fingerprint density at radius 2 is 2.35 bits per heavy atom. The number of pyridine rings is 1. The van der Waals surface area contributed by atoms with E-state index in [-0.39, 0.29) is 6.04 Å². The highest BCUT2D eigenvalue weighted by molar-refractivity contribution is 5.32. The van der Waals surface area contributed by atoms with Crippen LogP contribution in [0.5, 0.6) is 0 Å². The molecule has 0 radical (unpaired) electrons. The highest BCUT2D eigenvalue weighted by atomic mass is 16.5. The molecule has 6 nitrogen and oxygen atoms in total. The molecular formula is C14H17N5O. The smallest absolute Gasteiger partial charge is 0.221 e. The zero-order chi connectivity index (χ0) is 13.4. The molecule has 0 amide bonds. The number of fused-ring (bicyclic) bond motifs is 1. The van der Waals surface area contributed by atoms with Gasteiger partial charge in [-0.05, 0) is 24.5 Å². The van der Waals surface area contributed by atoms with Crippen LogP contribution in [0.2, 0.25) is 0 Å². The van der Waals surface area contributed by atoms with Gasteiger partial charge in [0.1, 0.15) is 0 Å². The number of rotatable bonds is 2. The fourth-order valence-electron chi connectivity index (χ4n) is 2.91. The van der Waals surface area contributed by atoms with E-state index in [1.165, 1.54) is 5.56 Å². The zero-order valence-corrected chi connectivity index (χ0v) is 11.2. The summed E-state index contributed by atoms with van der Waals surface area (Å²) in [6, 6.07) is 4.30.